The van der Waals surface area contributed by atoms with E-state index in [1.54, 1.807) is 26.4 Å². The van der Waals surface area contributed by atoms with Crippen LogP contribution in [0.4, 0.5) is 0 Å². The van der Waals surface area contributed by atoms with Gasteiger partial charge in [0.1, 0.15) is 0 Å². The molecule has 0 saturated carbocycles. The molecule has 0 aliphatic rings. The summed E-state index contributed by atoms with van der Waals surface area (Å²) >= 11 is 0. The Morgan fingerprint density at radius 2 is 2.00 bits per heavy atom. The second-order valence-electron chi connectivity index (χ2n) is 5.64. The van der Waals surface area contributed by atoms with Crippen molar-refractivity contribution in [3.8, 4) is 22.9 Å². The van der Waals surface area contributed by atoms with Gasteiger partial charge in [-0.25, -0.2) is 0 Å². The van der Waals surface area contributed by atoms with Crippen molar-refractivity contribution in [3.05, 3.63) is 24.1 Å². The van der Waals surface area contributed by atoms with E-state index in [0.717, 1.165) is 24.9 Å². The first-order chi connectivity index (χ1) is 12.2. The van der Waals surface area contributed by atoms with Gasteiger partial charge >= 0.3 is 0 Å². The number of hydrogen-bond acceptors (Lipinski definition) is 6. The summed E-state index contributed by atoms with van der Waals surface area (Å²) in [5.74, 6) is 2.32. The van der Waals surface area contributed by atoms with Crippen LogP contribution < -0.4 is 14.8 Å². The highest BCUT2D eigenvalue weighted by molar-refractivity contribution is 5.75. The van der Waals surface area contributed by atoms with Gasteiger partial charge in [0.05, 0.1) is 14.2 Å². The minimum Gasteiger partial charge on any atom is -0.493 e. The fraction of sp³-hybridized carbons (Fsp3) is 0.500. The highest BCUT2D eigenvalue weighted by Gasteiger charge is 2.12. The summed E-state index contributed by atoms with van der Waals surface area (Å²) in [6, 6.07) is 5.44. The topological polar surface area (TPSA) is 86.5 Å². The lowest BCUT2D eigenvalue weighted by Gasteiger charge is -2.07. The summed E-state index contributed by atoms with van der Waals surface area (Å²) in [5.41, 5.74) is 0.782. The van der Waals surface area contributed by atoms with E-state index < -0.39 is 0 Å². The molecule has 136 valence electrons. The van der Waals surface area contributed by atoms with Gasteiger partial charge in [0.25, 0.3) is 0 Å². The maximum atomic E-state index is 11.7. The third-order valence-electron chi connectivity index (χ3n) is 3.76. The number of benzene rings is 1. The molecule has 0 unspecified atom stereocenters. The van der Waals surface area contributed by atoms with Crippen LogP contribution in [-0.2, 0) is 11.2 Å². The molecule has 25 heavy (non-hydrogen) atoms. The van der Waals surface area contributed by atoms with Crippen LogP contribution in [0.3, 0.4) is 0 Å². The normalized spacial score (nSPS) is 10.5. The Labute approximate surface area is 147 Å². The number of unbranched alkanes of at least 4 members (excludes halogenated alkanes) is 1. The molecule has 1 amide bonds. The molecule has 7 heteroatoms. The zero-order valence-electron chi connectivity index (χ0n) is 15.0. The minimum absolute atomic E-state index is 0.0630. The number of nitrogens with zero attached hydrogens (tertiary/aromatic N) is 2. The molecule has 0 bridgehead atoms. The van der Waals surface area contributed by atoms with Crippen LogP contribution in [0.2, 0.25) is 0 Å². The van der Waals surface area contributed by atoms with Crippen LogP contribution in [0.25, 0.3) is 11.4 Å². The first-order valence-corrected chi connectivity index (χ1v) is 8.49. The molecule has 0 saturated heterocycles. The first kappa shape index (κ1) is 18.8. The average molecular weight is 347 g/mol. The van der Waals surface area contributed by atoms with Gasteiger partial charge in [-0.3, -0.25) is 4.79 Å². The smallest absolute Gasteiger partial charge is 0.226 e. The summed E-state index contributed by atoms with van der Waals surface area (Å²) in [6.07, 6.45) is 3.77. The number of carbonyl (C=O) groups is 1. The van der Waals surface area contributed by atoms with Crippen molar-refractivity contribution < 1.29 is 18.8 Å². The van der Waals surface area contributed by atoms with Crippen LogP contribution in [0.15, 0.2) is 22.7 Å². The molecule has 0 radical (unpaired) electrons. The number of aryl methyl sites for hydroxylation is 1. The van der Waals surface area contributed by atoms with Gasteiger partial charge in [-0.1, -0.05) is 18.5 Å². The van der Waals surface area contributed by atoms with Gasteiger partial charge in [-0.2, -0.15) is 4.98 Å². The van der Waals surface area contributed by atoms with E-state index in [9.17, 15) is 4.79 Å². The van der Waals surface area contributed by atoms with Crippen LogP contribution in [0, 0.1) is 0 Å². The Hall–Kier alpha value is -2.57. The molecular formula is C18H25N3O4. The van der Waals surface area contributed by atoms with E-state index in [0.29, 0.717) is 42.5 Å². The lowest BCUT2D eigenvalue weighted by molar-refractivity contribution is -0.121. The number of aromatic nitrogens is 2. The number of amides is 1. The average Bonchev–Trinajstić information content (AvgIpc) is 3.10. The van der Waals surface area contributed by atoms with Crippen LogP contribution in [0.1, 0.15) is 38.5 Å². The van der Waals surface area contributed by atoms with Crippen LogP contribution in [0.5, 0.6) is 11.5 Å². The molecule has 0 aliphatic carbocycles. The van der Waals surface area contributed by atoms with E-state index in [4.69, 9.17) is 14.0 Å². The molecule has 2 rings (SSSR count). The van der Waals surface area contributed by atoms with Gasteiger partial charge < -0.3 is 19.3 Å². The zero-order valence-corrected chi connectivity index (χ0v) is 15.0. The summed E-state index contributed by atoms with van der Waals surface area (Å²) in [5, 5.41) is 6.89. The second-order valence-corrected chi connectivity index (χ2v) is 5.64. The largest absolute Gasteiger partial charge is 0.493 e. The predicted molar refractivity (Wildman–Crippen MR) is 93.7 cm³/mol. The Morgan fingerprint density at radius 1 is 1.20 bits per heavy atom. The fourth-order valence-corrected chi connectivity index (χ4v) is 2.34. The molecule has 1 heterocycles. The van der Waals surface area contributed by atoms with Crippen LogP contribution >= 0.6 is 0 Å². The predicted octanol–water partition coefficient (Wildman–Crippen LogP) is 2.99. The lowest BCUT2D eigenvalue weighted by Crippen LogP contribution is -2.23. The Kier molecular flexibility index (Phi) is 7.25. The van der Waals surface area contributed by atoms with Crippen molar-refractivity contribution in [2.45, 2.75) is 39.0 Å². The molecule has 2 aromatic rings. The van der Waals surface area contributed by atoms with Gasteiger partial charge in [-0.15, -0.1) is 0 Å². The third-order valence-corrected chi connectivity index (χ3v) is 3.76. The summed E-state index contributed by atoms with van der Waals surface area (Å²) in [7, 11) is 3.16. The van der Waals surface area contributed by atoms with Crippen molar-refractivity contribution in [1.29, 1.82) is 0 Å². The number of hydrogen-bond donors (Lipinski definition) is 1. The van der Waals surface area contributed by atoms with Crippen molar-refractivity contribution in [2.24, 2.45) is 0 Å². The number of nitrogens with one attached hydrogen (secondary N) is 1. The van der Waals surface area contributed by atoms with Gasteiger partial charge in [0.15, 0.2) is 11.5 Å². The molecule has 0 spiro atoms. The van der Waals surface area contributed by atoms with Crippen LogP contribution in [-0.4, -0.2) is 36.8 Å². The van der Waals surface area contributed by atoms with E-state index >= 15 is 0 Å². The quantitative estimate of drug-likeness (QED) is 0.665. The van der Waals surface area contributed by atoms with Crippen molar-refractivity contribution in [2.75, 3.05) is 20.8 Å². The Morgan fingerprint density at radius 3 is 2.72 bits per heavy atom. The maximum Gasteiger partial charge on any atom is 0.226 e. The number of ether oxygens (including phenoxy) is 2. The van der Waals surface area contributed by atoms with E-state index in [2.05, 4.69) is 22.4 Å². The Bertz CT molecular complexity index is 685. The van der Waals surface area contributed by atoms with E-state index in [1.165, 1.54) is 0 Å². The lowest BCUT2D eigenvalue weighted by atomic mass is 10.2. The fourth-order valence-electron chi connectivity index (χ4n) is 2.34. The molecule has 0 fully saturated rings. The van der Waals surface area contributed by atoms with Crippen molar-refractivity contribution in [1.82, 2.24) is 15.5 Å². The second kappa shape index (κ2) is 9.66. The first-order valence-electron chi connectivity index (χ1n) is 8.49. The molecule has 1 N–H and O–H groups in total. The minimum atomic E-state index is 0.0630. The summed E-state index contributed by atoms with van der Waals surface area (Å²) in [6.45, 7) is 2.83. The molecule has 0 atom stereocenters. The highest BCUT2D eigenvalue weighted by atomic mass is 16.5. The van der Waals surface area contributed by atoms with Crippen molar-refractivity contribution >= 4 is 5.91 Å². The van der Waals surface area contributed by atoms with E-state index in [-0.39, 0.29) is 5.91 Å². The van der Waals surface area contributed by atoms with Gasteiger partial charge in [-0.05, 0) is 31.0 Å². The number of carbonyl (C=O) groups excluding carboxylic acids is 1. The number of rotatable bonds is 10. The van der Waals surface area contributed by atoms with Gasteiger partial charge in [0.2, 0.25) is 17.6 Å². The SMILES string of the molecule is CCCCNC(=O)CCCc1nc(-c2ccc(OC)c(OC)c2)no1. The summed E-state index contributed by atoms with van der Waals surface area (Å²) < 4.78 is 15.8. The Balaban J connectivity index is 1.89. The molecule has 1 aromatic heterocycles. The third kappa shape index (κ3) is 5.48. The van der Waals surface area contributed by atoms with E-state index in [1.807, 2.05) is 6.07 Å². The molecule has 1 aromatic carbocycles. The van der Waals surface area contributed by atoms with Crippen molar-refractivity contribution in [3.63, 3.8) is 0 Å². The maximum absolute atomic E-state index is 11.7. The summed E-state index contributed by atoms with van der Waals surface area (Å²) in [4.78, 5) is 16.0. The molecule has 0 aliphatic heterocycles. The van der Waals surface area contributed by atoms with Gasteiger partial charge in [0, 0.05) is 24.9 Å². The monoisotopic (exact) mass is 347 g/mol. The standard InChI is InChI=1S/C18H25N3O4/c1-4-5-11-19-16(22)7-6-8-17-20-18(21-25-17)13-9-10-14(23-2)15(12-13)24-3/h9-10,12H,4-8,11H2,1-3H3,(H,19,22). The molecular weight excluding hydrogens is 322 g/mol. The highest BCUT2D eigenvalue weighted by Crippen LogP contribution is 2.31. The molecule has 7 nitrogen and oxygen atoms in total. The zero-order chi connectivity index (χ0) is 18.1. The number of methoxy groups -OCH3 is 2.